The number of hydrogen-bond donors (Lipinski definition) is 1. The van der Waals surface area contributed by atoms with Crippen LogP contribution in [0.4, 0.5) is 0 Å². The molecule has 0 saturated heterocycles. The van der Waals surface area contributed by atoms with Gasteiger partial charge in [-0.3, -0.25) is 4.79 Å². The normalized spacial score (nSPS) is 16.0. The van der Waals surface area contributed by atoms with Crippen LogP contribution in [0.1, 0.15) is 18.4 Å². The molecule has 0 saturated carbocycles. The van der Waals surface area contributed by atoms with E-state index in [1.807, 2.05) is 30.3 Å². The van der Waals surface area contributed by atoms with Crippen molar-refractivity contribution < 1.29 is 14.7 Å². The van der Waals surface area contributed by atoms with Crippen LogP contribution in [0.2, 0.25) is 0 Å². The highest BCUT2D eigenvalue weighted by atomic mass is 16.4. The smallest absolute Gasteiger partial charge is 0.326 e. The van der Waals surface area contributed by atoms with Crippen molar-refractivity contribution in [3.63, 3.8) is 0 Å². The van der Waals surface area contributed by atoms with Crippen molar-refractivity contribution >= 4 is 11.9 Å². The summed E-state index contributed by atoms with van der Waals surface area (Å²) in [4.78, 5) is 24.7. The SMILES string of the molecule is O=C(O)C(CCc1ccccc1)N1C=CC=CCC1=O. The summed E-state index contributed by atoms with van der Waals surface area (Å²) in [7, 11) is 0. The van der Waals surface area contributed by atoms with E-state index in [9.17, 15) is 14.7 Å². The highest BCUT2D eigenvalue weighted by Crippen LogP contribution is 2.14. The molecule has 0 aliphatic carbocycles. The summed E-state index contributed by atoms with van der Waals surface area (Å²) in [5.41, 5.74) is 1.07. The molecule has 1 heterocycles. The molecule has 1 N–H and O–H groups in total. The van der Waals surface area contributed by atoms with Gasteiger partial charge in [0.2, 0.25) is 5.91 Å². The summed E-state index contributed by atoms with van der Waals surface area (Å²) in [6.07, 6.45) is 8.00. The predicted molar refractivity (Wildman–Crippen MR) is 75.9 cm³/mol. The zero-order valence-corrected chi connectivity index (χ0v) is 11.1. The quantitative estimate of drug-likeness (QED) is 0.894. The number of hydrogen-bond acceptors (Lipinski definition) is 2. The lowest BCUT2D eigenvalue weighted by atomic mass is 10.0. The molecule has 4 nitrogen and oxygen atoms in total. The van der Waals surface area contributed by atoms with E-state index in [1.165, 1.54) is 4.90 Å². The van der Waals surface area contributed by atoms with Gasteiger partial charge in [-0.2, -0.15) is 0 Å². The number of benzene rings is 1. The van der Waals surface area contributed by atoms with Gasteiger partial charge in [0, 0.05) is 12.6 Å². The molecule has 0 aromatic heterocycles. The molecule has 4 heteroatoms. The van der Waals surface area contributed by atoms with Crippen LogP contribution in [0.3, 0.4) is 0 Å². The van der Waals surface area contributed by atoms with E-state index in [-0.39, 0.29) is 12.3 Å². The Morgan fingerprint density at radius 2 is 2.00 bits per heavy atom. The maximum Gasteiger partial charge on any atom is 0.326 e. The minimum absolute atomic E-state index is 0.185. The minimum Gasteiger partial charge on any atom is -0.480 e. The van der Waals surface area contributed by atoms with E-state index in [1.54, 1.807) is 24.4 Å². The third-order valence-corrected chi connectivity index (χ3v) is 3.24. The maximum atomic E-state index is 11.9. The number of allylic oxidation sites excluding steroid dienone is 2. The van der Waals surface area contributed by atoms with Gasteiger partial charge in [-0.05, 0) is 24.5 Å². The number of carboxylic acid groups (broad SMARTS) is 1. The molecule has 1 aliphatic rings. The van der Waals surface area contributed by atoms with Crippen molar-refractivity contribution in [2.24, 2.45) is 0 Å². The first kappa shape index (κ1) is 14.1. The largest absolute Gasteiger partial charge is 0.480 e. The first-order valence-corrected chi connectivity index (χ1v) is 6.59. The average molecular weight is 271 g/mol. The van der Waals surface area contributed by atoms with Gasteiger partial charge in [-0.1, -0.05) is 42.5 Å². The van der Waals surface area contributed by atoms with Crippen LogP contribution in [-0.4, -0.2) is 27.9 Å². The van der Waals surface area contributed by atoms with Crippen molar-refractivity contribution in [1.82, 2.24) is 4.90 Å². The van der Waals surface area contributed by atoms with Crippen molar-refractivity contribution in [2.75, 3.05) is 0 Å². The van der Waals surface area contributed by atoms with Crippen LogP contribution < -0.4 is 0 Å². The van der Waals surface area contributed by atoms with Crippen LogP contribution in [0.15, 0.2) is 54.8 Å². The molecule has 1 aromatic rings. The molecule has 0 radical (unpaired) electrons. The molecule has 1 aromatic carbocycles. The Morgan fingerprint density at radius 1 is 1.25 bits per heavy atom. The van der Waals surface area contributed by atoms with Crippen molar-refractivity contribution in [3.8, 4) is 0 Å². The first-order valence-electron chi connectivity index (χ1n) is 6.59. The zero-order chi connectivity index (χ0) is 14.4. The summed E-state index contributed by atoms with van der Waals surface area (Å²) < 4.78 is 0. The number of carboxylic acids is 1. The van der Waals surface area contributed by atoms with Gasteiger partial charge in [-0.15, -0.1) is 0 Å². The molecular formula is C16H17NO3. The molecule has 20 heavy (non-hydrogen) atoms. The van der Waals surface area contributed by atoms with Gasteiger partial charge in [0.1, 0.15) is 6.04 Å². The summed E-state index contributed by atoms with van der Waals surface area (Å²) in [5, 5.41) is 9.36. The number of carbonyl (C=O) groups is 2. The van der Waals surface area contributed by atoms with E-state index >= 15 is 0 Å². The van der Waals surface area contributed by atoms with E-state index in [4.69, 9.17) is 0 Å². The topological polar surface area (TPSA) is 57.6 Å². The highest BCUT2D eigenvalue weighted by molar-refractivity contribution is 5.85. The molecular weight excluding hydrogens is 254 g/mol. The average Bonchev–Trinajstić information content (AvgIpc) is 2.65. The lowest BCUT2D eigenvalue weighted by Crippen LogP contribution is -2.41. The van der Waals surface area contributed by atoms with Gasteiger partial charge in [-0.25, -0.2) is 4.79 Å². The fourth-order valence-corrected chi connectivity index (χ4v) is 2.19. The molecule has 2 rings (SSSR count). The van der Waals surface area contributed by atoms with Crippen LogP contribution in [0.5, 0.6) is 0 Å². The monoisotopic (exact) mass is 271 g/mol. The van der Waals surface area contributed by atoms with E-state index < -0.39 is 12.0 Å². The Kier molecular flexibility index (Phi) is 4.71. The summed E-state index contributed by atoms with van der Waals surface area (Å²) in [5.74, 6) is -1.16. The van der Waals surface area contributed by atoms with E-state index in [2.05, 4.69) is 0 Å². The standard InChI is InChI=1S/C16H17NO3/c18-15-9-5-2-6-12-17(15)14(16(19)20)11-10-13-7-3-1-4-8-13/h1-8,12,14H,9-11H2,(H,19,20). The van der Waals surface area contributed by atoms with Crippen LogP contribution in [0, 0.1) is 0 Å². The summed E-state index contributed by atoms with van der Waals surface area (Å²) in [6.45, 7) is 0. The van der Waals surface area contributed by atoms with Gasteiger partial charge in [0.05, 0.1) is 0 Å². The fourth-order valence-electron chi connectivity index (χ4n) is 2.19. The summed E-state index contributed by atoms with van der Waals surface area (Å²) in [6, 6.07) is 8.86. The van der Waals surface area contributed by atoms with E-state index in [0.29, 0.717) is 12.8 Å². The zero-order valence-electron chi connectivity index (χ0n) is 11.1. The molecule has 0 fully saturated rings. The minimum atomic E-state index is -0.971. The highest BCUT2D eigenvalue weighted by Gasteiger charge is 2.27. The lowest BCUT2D eigenvalue weighted by molar-refractivity contribution is -0.147. The Balaban J connectivity index is 2.07. The van der Waals surface area contributed by atoms with Crippen LogP contribution >= 0.6 is 0 Å². The van der Waals surface area contributed by atoms with Crippen LogP contribution in [0.25, 0.3) is 0 Å². The number of rotatable bonds is 5. The number of amides is 1. The Bertz CT molecular complexity index is 534. The van der Waals surface area contributed by atoms with Crippen molar-refractivity contribution in [1.29, 1.82) is 0 Å². The van der Waals surface area contributed by atoms with E-state index in [0.717, 1.165) is 5.56 Å². The Morgan fingerprint density at radius 3 is 2.70 bits per heavy atom. The molecule has 0 spiro atoms. The Labute approximate surface area is 118 Å². The number of aliphatic carboxylic acids is 1. The fraction of sp³-hybridized carbons (Fsp3) is 0.250. The Hall–Kier alpha value is -2.36. The predicted octanol–water partition coefficient (Wildman–Crippen LogP) is 2.37. The van der Waals surface area contributed by atoms with Gasteiger partial charge in [0.15, 0.2) is 0 Å². The molecule has 1 atom stereocenters. The van der Waals surface area contributed by atoms with Gasteiger partial charge < -0.3 is 10.0 Å². The lowest BCUT2D eigenvalue weighted by Gasteiger charge is -2.25. The second kappa shape index (κ2) is 6.70. The summed E-state index contributed by atoms with van der Waals surface area (Å²) >= 11 is 0. The second-order valence-corrected chi connectivity index (χ2v) is 4.65. The first-order chi connectivity index (χ1) is 9.68. The van der Waals surface area contributed by atoms with Gasteiger partial charge in [0.25, 0.3) is 0 Å². The third-order valence-electron chi connectivity index (χ3n) is 3.24. The molecule has 1 aliphatic heterocycles. The number of aryl methyl sites for hydroxylation is 1. The van der Waals surface area contributed by atoms with Crippen LogP contribution in [-0.2, 0) is 16.0 Å². The van der Waals surface area contributed by atoms with Crippen molar-refractivity contribution in [2.45, 2.75) is 25.3 Å². The molecule has 1 unspecified atom stereocenters. The molecule has 1 amide bonds. The van der Waals surface area contributed by atoms with Gasteiger partial charge >= 0.3 is 5.97 Å². The second-order valence-electron chi connectivity index (χ2n) is 4.65. The third kappa shape index (κ3) is 3.57. The molecule has 104 valence electrons. The number of carbonyl (C=O) groups excluding carboxylic acids is 1. The molecule has 0 bridgehead atoms. The number of nitrogens with zero attached hydrogens (tertiary/aromatic N) is 1. The maximum absolute atomic E-state index is 11.9. The van der Waals surface area contributed by atoms with Crippen molar-refractivity contribution in [3.05, 3.63) is 60.3 Å².